The summed E-state index contributed by atoms with van der Waals surface area (Å²) >= 11 is 23.7. The van der Waals surface area contributed by atoms with E-state index in [-0.39, 0.29) is 32.7 Å². The summed E-state index contributed by atoms with van der Waals surface area (Å²) in [5, 5.41) is 4.01. The van der Waals surface area contributed by atoms with Gasteiger partial charge in [-0.2, -0.15) is 5.10 Å². The highest BCUT2D eigenvalue weighted by molar-refractivity contribution is 6.46. The zero-order valence-electron chi connectivity index (χ0n) is 13.7. The highest BCUT2D eigenvalue weighted by Crippen LogP contribution is 2.34. The first-order valence-corrected chi connectivity index (χ1v) is 8.81. The number of benzene rings is 1. The van der Waals surface area contributed by atoms with E-state index in [1.807, 2.05) is 13.8 Å². The van der Waals surface area contributed by atoms with E-state index in [4.69, 9.17) is 56.9 Å². The Bertz CT molecular complexity index is 872. The van der Waals surface area contributed by atoms with E-state index >= 15 is 0 Å². The van der Waals surface area contributed by atoms with E-state index < -0.39 is 5.91 Å². The fraction of sp³-hybridized carbons (Fsp3) is 0.188. The number of carbonyl (C=O) groups is 1. The predicted molar refractivity (Wildman–Crippen MR) is 106 cm³/mol. The van der Waals surface area contributed by atoms with Gasteiger partial charge in [0, 0.05) is 0 Å². The molecule has 0 saturated heterocycles. The number of ether oxygens (including phenoxy) is 1. The predicted octanol–water partition coefficient (Wildman–Crippen LogP) is 4.83. The molecule has 0 bridgehead atoms. The Morgan fingerprint density at radius 2 is 1.96 bits per heavy atom. The fourth-order valence-corrected chi connectivity index (χ4v) is 2.67. The Balaban J connectivity index is 2.11. The molecule has 0 aliphatic heterocycles. The van der Waals surface area contributed by atoms with Gasteiger partial charge in [0.15, 0.2) is 10.8 Å². The standard InChI is InChI=1S/C16H14Cl4N4O2/c1-7(2)26-10-4-3-8(5-9(10)17)6-22-24-16(25)14-11(18)13(21)12(19)15(20)23-14/h3-7H,1-2H3,(H2,21,23)(H,24,25)/b22-6+. The third kappa shape index (κ3) is 4.92. The monoisotopic (exact) mass is 434 g/mol. The molecular formula is C16H14Cl4N4O2. The van der Waals surface area contributed by atoms with Gasteiger partial charge in [0.1, 0.15) is 10.8 Å². The minimum Gasteiger partial charge on any atom is -0.489 e. The van der Waals surface area contributed by atoms with Gasteiger partial charge < -0.3 is 10.5 Å². The number of nitrogens with zero attached hydrogens (tertiary/aromatic N) is 2. The van der Waals surface area contributed by atoms with Crippen molar-refractivity contribution in [3.8, 4) is 5.75 Å². The Kier molecular flexibility index (Phi) is 6.94. The Hall–Kier alpha value is -1.73. The van der Waals surface area contributed by atoms with Gasteiger partial charge in [-0.3, -0.25) is 4.79 Å². The summed E-state index contributed by atoms with van der Waals surface area (Å²) in [5.41, 5.74) is 8.39. The summed E-state index contributed by atoms with van der Waals surface area (Å²) in [5.74, 6) is -0.132. The topological polar surface area (TPSA) is 89.6 Å². The van der Waals surface area contributed by atoms with Crippen molar-refractivity contribution in [2.45, 2.75) is 20.0 Å². The molecule has 0 atom stereocenters. The minimum atomic E-state index is -0.692. The van der Waals surface area contributed by atoms with E-state index in [1.54, 1.807) is 18.2 Å². The maximum atomic E-state index is 12.1. The molecule has 2 aromatic rings. The number of anilines is 1. The summed E-state index contributed by atoms with van der Waals surface area (Å²) in [6, 6.07) is 5.10. The number of pyridine rings is 1. The molecule has 6 nitrogen and oxygen atoms in total. The number of hydrazone groups is 1. The number of carbonyl (C=O) groups excluding carboxylic acids is 1. The number of aromatic nitrogens is 1. The van der Waals surface area contributed by atoms with Gasteiger partial charge in [0.2, 0.25) is 0 Å². The van der Waals surface area contributed by atoms with Crippen LogP contribution in [0.4, 0.5) is 5.69 Å². The highest BCUT2D eigenvalue weighted by atomic mass is 35.5. The second-order valence-electron chi connectivity index (χ2n) is 5.35. The molecule has 26 heavy (non-hydrogen) atoms. The van der Waals surface area contributed by atoms with Crippen LogP contribution in [0.1, 0.15) is 29.9 Å². The molecule has 1 aromatic heterocycles. The minimum absolute atomic E-state index is 0.00203. The Labute approximate surface area is 170 Å². The van der Waals surface area contributed by atoms with Crippen LogP contribution in [0.2, 0.25) is 20.2 Å². The molecule has 3 N–H and O–H groups in total. The third-order valence-electron chi connectivity index (χ3n) is 2.99. The molecule has 2 rings (SSSR count). The molecule has 0 spiro atoms. The van der Waals surface area contributed by atoms with Gasteiger partial charge in [-0.1, -0.05) is 46.4 Å². The van der Waals surface area contributed by atoms with Gasteiger partial charge in [-0.25, -0.2) is 10.4 Å². The molecule has 0 saturated carbocycles. The first-order valence-electron chi connectivity index (χ1n) is 7.30. The number of nitrogens with two attached hydrogens (primary N) is 1. The summed E-state index contributed by atoms with van der Waals surface area (Å²) in [4.78, 5) is 15.9. The number of hydrogen-bond donors (Lipinski definition) is 2. The number of hydrogen-bond acceptors (Lipinski definition) is 5. The van der Waals surface area contributed by atoms with Crippen molar-refractivity contribution in [1.82, 2.24) is 10.4 Å². The number of nitrogens with one attached hydrogen (secondary N) is 1. The molecule has 0 unspecified atom stereocenters. The van der Waals surface area contributed by atoms with E-state index in [2.05, 4.69) is 15.5 Å². The van der Waals surface area contributed by atoms with Crippen molar-refractivity contribution < 1.29 is 9.53 Å². The largest absolute Gasteiger partial charge is 0.489 e. The van der Waals surface area contributed by atoms with Crippen LogP contribution < -0.4 is 15.9 Å². The normalized spacial score (nSPS) is 11.2. The van der Waals surface area contributed by atoms with Crippen molar-refractivity contribution >= 4 is 64.2 Å². The number of rotatable bonds is 5. The van der Waals surface area contributed by atoms with Crippen molar-refractivity contribution in [2.75, 3.05) is 5.73 Å². The van der Waals surface area contributed by atoms with E-state index in [0.29, 0.717) is 16.3 Å². The van der Waals surface area contributed by atoms with Gasteiger partial charge in [0.25, 0.3) is 5.91 Å². The van der Waals surface area contributed by atoms with Crippen molar-refractivity contribution in [3.05, 3.63) is 49.7 Å². The second kappa shape index (κ2) is 8.77. The van der Waals surface area contributed by atoms with E-state index in [1.165, 1.54) is 6.21 Å². The Morgan fingerprint density at radius 1 is 1.27 bits per heavy atom. The SMILES string of the molecule is CC(C)Oc1ccc(/C=N/NC(=O)c2nc(Cl)c(Cl)c(N)c2Cl)cc1Cl. The first-order chi connectivity index (χ1) is 12.2. The molecule has 0 aliphatic rings. The zero-order chi connectivity index (χ0) is 19.4. The fourth-order valence-electron chi connectivity index (χ4n) is 1.85. The molecule has 0 radical (unpaired) electrons. The summed E-state index contributed by atoms with van der Waals surface area (Å²) in [6.07, 6.45) is 1.40. The van der Waals surface area contributed by atoms with Gasteiger partial charge in [0.05, 0.1) is 28.1 Å². The van der Waals surface area contributed by atoms with E-state index in [9.17, 15) is 4.79 Å². The molecule has 1 amide bonds. The van der Waals surface area contributed by atoms with Crippen LogP contribution in [0.5, 0.6) is 5.75 Å². The van der Waals surface area contributed by atoms with Crippen molar-refractivity contribution in [2.24, 2.45) is 5.10 Å². The zero-order valence-corrected chi connectivity index (χ0v) is 16.7. The van der Waals surface area contributed by atoms with Crippen LogP contribution in [-0.4, -0.2) is 23.2 Å². The van der Waals surface area contributed by atoms with Crippen LogP contribution in [0, 0.1) is 0 Å². The lowest BCUT2D eigenvalue weighted by atomic mass is 10.2. The second-order valence-corrected chi connectivity index (χ2v) is 6.87. The lowest BCUT2D eigenvalue weighted by molar-refractivity contribution is 0.0950. The van der Waals surface area contributed by atoms with E-state index in [0.717, 1.165) is 0 Å². The van der Waals surface area contributed by atoms with Crippen molar-refractivity contribution in [1.29, 1.82) is 0 Å². The van der Waals surface area contributed by atoms with Crippen LogP contribution in [-0.2, 0) is 0 Å². The maximum Gasteiger partial charge on any atom is 0.291 e. The summed E-state index contributed by atoms with van der Waals surface area (Å²) < 4.78 is 5.54. The van der Waals surface area contributed by atoms with Crippen LogP contribution in [0.25, 0.3) is 0 Å². The smallest absolute Gasteiger partial charge is 0.291 e. The summed E-state index contributed by atoms with van der Waals surface area (Å²) in [6.45, 7) is 3.80. The Morgan fingerprint density at radius 3 is 2.58 bits per heavy atom. The van der Waals surface area contributed by atoms with Gasteiger partial charge in [-0.15, -0.1) is 0 Å². The lowest BCUT2D eigenvalue weighted by Gasteiger charge is -2.11. The van der Waals surface area contributed by atoms with Crippen LogP contribution in [0.15, 0.2) is 23.3 Å². The molecular weight excluding hydrogens is 422 g/mol. The number of halogens is 4. The molecule has 0 fully saturated rings. The number of nitrogen functional groups attached to an aromatic ring is 1. The third-order valence-corrected chi connectivity index (χ3v) is 4.42. The van der Waals surface area contributed by atoms with Crippen LogP contribution in [0.3, 0.4) is 0 Å². The van der Waals surface area contributed by atoms with Gasteiger partial charge in [-0.05, 0) is 37.6 Å². The molecule has 138 valence electrons. The van der Waals surface area contributed by atoms with Crippen LogP contribution >= 0.6 is 46.4 Å². The molecule has 1 heterocycles. The van der Waals surface area contributed by atoms with Crippen molar-refractivity contribution in [3.63, 3.8) is 0 Å². The molecule has 1 aromatic carbocycles. The number of amides is 1. The molecule has 10 heteroatoms. The summed E-state index contributed by atoms with van der Waals surface area (Å²) in [7, 11) is 0. The average molecular weight is 436 g/mol. The maximum absolute atomic E-state index is 12.1. The quantitative estimate of drug-likeness (QED) is 0.399. The molecule has 0 aliphatic carbocycles. The average Bonchev–Trinajstić information content (AvgIpc) is 2.58. The lowest BCUT2D eigenvalue weighted by Crippen LogP contribution is -2.20. The highest BCUT2D eigenvalue weighted by Gasteiger charge is 2.19. The van der Waals surface area contributed by atoms with Gasteiger partial charge >= 0.3 is 0 Å². The first kappa shape index (κ1) is 20.6.